The molecule has 0 saturated carbocycles. The Hall–Kier alpha value is -1.40. The van der Waals surface area contributed by atoms with Crippen LogP contribution in [0.4, 0.5) is 5.82 Å². The van der Waals surface area contributed by atoms with Gasteiger partial charge in [0.1, 0.15) is 0 Å². The van der Waals surface area contributed by atoms with Crippen LogP contribution in [0.1, 0.15) is 39.5 Å². The van der Waals surface area contributed by atoms with Gasteiger partial charge in [-0.3, -0.25) is 4.79 Å². The summed E-state index contributed by atoms with van der Waals surface area (Å²) in [6.45, 7) is 6.42. The smallest absolute Gasteiger partial charge is 0.225 e. The third-order valence-electron chi connectivity index (χ3n) is 4.78. The first-order valence-electron chi connectivity index (χ1n) is 8.61. The number of halogens is 1. The lowest BCUT2D eigenvalue weighted by molar-refractivity contribution is -0.128. The zero-order valence-corrected chi connectivity index (χ0v) is 15.1. The van der Waals surface area contributed by atoms with Crippen molar-refractivity contribution < 1.29 is 9.53 Å². The molecular formula is C17H25ClN4O2. The highest BCUT2D eigenvalue weighted by atomic mass is 35.5. The molecule has 0 aliphatic carbocycles. The lowest BCUT2D eigenvalue weighted by atomic mass is 9.92. The average molecular weight is 353 g/mol. The molecule has 2 atom stereocenters. The second kappa shape index (κ2) is 7.23. The van der Waals surface area contributed by atoms with E-state index in [2.05, 4.69) is 34.3 Å². The molecule has 7 heteroatoms. The molecule has 0 spiro atoms. The predicted octanol–water partition coefficient (Wildman–Crippen LogP) is 2.42. The third kappa shape index (κ3) is 4.36. The topological polar surface area (TPSA) is 67.4 Å². The van der Waals surface area contributed by atoms with Gasteiger partial charge in [-0.2, -0.15) is 0 Å². The summed E-state index contributed by atoms with van der Waals surface area (Å²) in [6.07, 6.45) is 3.63. The molecule has 132 valence electrons. The Kier molecular flexibility index (Phi) is 5.25. The van der Waals surface area contributed by atoms with Crippen LogP contribution in [-0.2, 0) is 9.53 Å². The summed E-state index contributed by atoms with van der Waals surface area (Å²) in [5.74, 6) is 0.913. The van der Waals surface area contributed by atoms with Gasteiger partial charge in [0.25, 0.3) is 0 Å². The standard InChI is InChI=1S/C17H25ClN4O2/c1-17(2)10-13(7-9-24-17)19-16(23)12-4-3-8-22(11-12)15-6-5-14(18)20-21-15/h5-6,12-13H,3-4,7-11H2,1-2H3,(H,19,23). The van der Waals surface area contributed by atoms with Gasteiger partial charge in [-0.25, -0.2) is 0 Å². The van der Waals surface area contributed by atoms with Crippen molar-refractivity contribution in [3.63, 3.8) is 0 Å². The summed E-state index contributed by atoms with van der Waals surface area (Å²) in [4.78, 5) is 14.8. The number of amides is 1. The predicted molar refractivity (Wildman–Crippen MR) is 93.2 cm³/mol. The molecule has 24 heavy (non-hydrogen) atoms. The summed E-state index contributed by atoms with van der Waals surface area (Å²) < 4.78 is 5.72. The summed E-state index contributed by atoms with van der Waals surface area (Å²) in [7, 11) is 0. The number of hydrogen-bond donors (Lipinski definition) is 1. The first-order chi connectivity index (χ1) is 11.4. The Morgan fingerprint density at radius 2 is 2.21 bits per heavy atom. The van der Waals surface area contributed by atoms with Crippen molar-refractivity contribution in [2.75, 3.05) is 24.6 Å². The molecule has 1 N–H and O–H groups in total. The van der Waals surface area contributed by atoms with Crippen molar-refractivity contribution in [3.8, 4) is 0 Å². The minimum absolute atomic E-state index is 0.0119. The van der Waals surface area contributed by atoms with Crippen LogP contribution < -0.4 is 10.2 Å². The molecule has 6 nitrogen and oxygen atoms in total. The number of carbonyl (C=O) groups is 1. The fraction of sp³-hybridized carbons (Fsp3) is 0.706. The van der Waals surface area contributed by atoms with Crippen molar-refractivity contribution in [1.82, 2.24) is 15.5 Å². The maximum atomic E-state index is 12.7. The SMILES string of the molecule is CC1(C)CC(NC(=O)C2CCCN(c3ccc(Cl)nn3)C2)CCO1. The number of ether oxygens (including phenoxy) is 1. The molecule has 1 aromatic rings. The van der Waals surface area contributed by atoms with E-state index in [4.69, 9.17) is 16.3 Å². The Morgan fingerprint density at radius 1 is 1.38 bits per heavy atom. The molecule has 3 rings (SSSR count). The van der Waals surface area contributed by atoms with Crippen LogP contribution in [0, 0.1) is 5.92 Å². The highest BCUT2D eigenvalue weighted by molar-refractivity contribution is 6.29. The summed E-state index contributed by atoms with van der Waals surface area (Å²) in [6, 6.07) is 3.79. The lowest BCUT2D eigenvalue weighted by Crippen LogP contribution is -2.50. The van der Waals surface area contributed by atoms with Gasteiger partial charge in [0, 0.05) is 25.7 Å². The van der Waals surface area contributed by atoms with Crippen LogP contribution >= 0.6 is 11.6 Å². The minimum Gasteiger partial charge on any atom is -0.375 e. The number of aromatic nitrogens is 2. The average Bonchev–Trinajstić information content (AvgIpc) is 2.55. The van der Waals surface area contributed by atoms with E-state index >= 15 is 0 Å². The molecule has 2 unspecified atom stereocenters. The number of carbonyl (C=O) groups excluding carboxylic acids is 1. The normalized spacial score (nSPS) is 26.9. The van der Waals surface area contributed by atoms with Gasteiger partial charge >= 0.3 is 0 Å². The highest BCUT2D eigenvalue weighted by Crippen LogP contribution is 2.26. The van der Waals surface area contributed by atoms with E-state index in [0.29, 0.717) is 18.3 Å². The number of nitrogens with one attached hydrogen (secondary N) is 1. The zero-order valence-electron chi connectivity index (χ0n) is 14.3. The van der Waals surface area contributed by atoms with E-state index in [-0.39, 0.29) is 23.5 Å². The molecule has 1 amide bonds. The van der Waals surface area contributed by atoms with Crippen LogP contribution in [0.5, 0.6) is 0 Å². The minimum atomic E-state index is -0.159. The van der Waals surface area contributed by atoms with E-state index in [1.54, 1.807) is 6.07 Å². The number of piperidine rings is 1. The zero-order chi connectivity index (χ0) is 17.2. The van der Waals surface area contributed by atoms with Crippen LogP contribution in [-0.4, -0.2) is 47.4 Å². The number of hydrogen-bond acceptors (Lipinski definition) is 5. The molecule has 2 saturated heterocycles. The highest BCUT2D eigenvalue weighted by Gasteiger charge is 2.32. The number of nitrogens with zero attached hydrogens (tertiary/aromatic N) is 3. The molecule has 2 fully saturated rings. The maximum absolute atomic E-state index is 12.7. The molecule has 1 aromatic heterocycles. The third-order valence-corrected chi connectivity index (χ3v) is 4.98. The van der Waals surface area contributed by atoms with Gasteiger partial charge in [-0.1, -0.05) is 11.6 Å². The fourth-order valence-corrected chi connectivity index (χ4v) is 3.65. The van der Waals surface area contributed by atoms with E-state index in [9.17, 15) is 4.79 Å². The van der Waals surface area contributed by atoms with Crippen molar-refractivity contribution in [2.45, 2.75) is 51.2 Å². The van der Waals surface area contributed by atoms with Crippen molar-refractivity contribution in [2.24, 2.45) is 5.92 Å². The first-order valence-corrected chi connectivity index (χ1v) is 8.99. The van der Waals surface area contributed by atoms with E-state index < -0.39 is 0 Å². The Balaban J connectivity index is 1.58. The quantitative estimate of drug-likeness (QED) is 0.904. The summed E-state index contributed by atoms with van der Waals surface area (Å²) >= 11 is 5.79. The van der Waals surface area contributed by atoms with Crippen molar-refractivity contribution in [1.29, 1.82) is 0 Å². The molecule has 0 radical (unpaired) electrons. The lowest BCUT2D eigenvalue weighted by Gasteiger charge is -2.37. The van der Waals surface area contributed by atoms with E-state index in [1.165, 1.54) is 0 Å². The molecule has 0 aromatic carbocycles. The van der Waals surface area contributed by atoms with Gasteiger partial charge in [0.05, 0.1) is 11.5 Å². The van der Waals surface area contributed by atoms with Gasteiger partial charge in [-0.15, -0.1) is 10.2 Å². The molecular weight excluding hydrogens is 328 g/mol. The monoisotopic (exact) mass is 352 g/mol. The molecule has 2 aliphatic rings. The largest absolute Gasteiger partial charge is 0.375 e. The van der Waals surface area contributed by atoms with Gasteiger partial charge in [0.2, 0.25) is 5.91 Å². The number of rotatable bonds is 3. The van der Waals surface area contributed by atoms with Crippen molar-refractivity contribution in [3.05, 3.63) is 17.3 Å². The van der Waals surface area contributed by atoms with Gasteiger partial charge < -0.3 is 15.0 Å². The van der Waals surface area contributed by atoms with Gasteiger partial charge in [-0.05, 0) is 51.7 Å². The van der Waals surface area contributed by atoms with Crippen LogP contribution in [0.15, 0.2) is 12.1 Å². The van der Waals surface area contributed by atoms with Crippen LogP contribution in [0.25, 0.3) is 0 Å². The van der Waals surface area contributed by atoms with E-state index in [1.807, 2.05) is 6.07 Å². The Morgan fingerprint density at radius 3 is 2.92 bits per heavy atom. The maximum Gasteiger partial charge on any atom is 0.225 e. The Bertz CT molecular complexity index is 578. The summed E-state index contributed by atoms with van der Waals surface area (Å²) in [5.41, 5.74) is -0.159. The molecule has 2 aliphatic heterocycles. The summed E-state index contributed by atoms with van der Waals surface area (Å²) in [5, 5.41) is 11.6. The number of anilines is 1. The second-order valence-electron chi connectivity index (χ2n) is 7.31. The van der Waals surface area contributed by atoms with Crippen molar-refractivity contribution >= 4 is 23.3 Å². The molecule has 0 bridgehead atoms. The fourth-order valence-electron chi connectivity index (χ4n) is 3.55. The molecule has 3 heterocycles. The Labute approximate surface area is 147 Å². The van der Waals surface area contributed by atoms with Crippen LogP contribution in [0.3, 0.4) is 0 Å². The first kappa shape index (κ1) is 17.4. The second-order valence-corrected chi connectivity index (χ2v) is 7.69. The van der Waals surface area contributed by atoms with E-state index in [0.717, 1.165) is 38.0 Å². The van der Waals surface area contributed by atoms with Gasteiger partial charge in [0.15, 0.2) is 11.0 Å². The van der Waals surface area contributed by atoms with Crippen LogP contribution in [0.2, 0.25) is 5.15 Å².